The van der Waals surface area contributed by atoms with Gasteiger partial charge in [-0.05, 0) is 0 Å². The molecule has 1 heterocycles. The van der Waals surface area contributed by atoms with Gasteiger partial charge in [-0.25, -0.2) is 8.42 Å². The highest BCUT2D eigenvalue weighted by Crippen LogP contribution is 2.04. The molecule has 0 aromatic carbocycles. The number of nitrogens with one attached hydrogen (secondary N) is 1. The van der Waals surface area contributed by atoms with E-state index in [0.29, 0.717) is 5.92 Å². The van der Waals surface area contributed by atoms with Crippen LogP contribution in [-0.4, -0.2) is 27.8 Å². The minimum Gasteiger partial charge on any atom is -0.315 e. The molecule has 0 atom stereocenters. The molecule has 1 aliphatic rings. The summed E-state index contributed by atoms with van der Waals surface area (Å²) in [7, 11) is -2.90. The van der Waals surface area contributed by atoms with Gasteiger partial charge in [-0.1, -0.05) is 6.08 Å². The molecule has 0 unspecified atom stereocenters. The van der Waals surface area contributed by atoms with Gasteiger partial charge in [0.1, 0.15) is 0 Å². The summed E-state index contributed by atoms with van der Waals surface area (Å²) in [5.74, 6) is 0.426. The SMILES string of the molecule is CS(=O)(=O)/C=C/C1CNC1. The summed E-state index contributed by atoms with van der Waals surface area (Å²) in [4.78, 5) is 0. The Kier molecular flexibility index (Phi) is 2.11. The Labute approximate surface area is 61.0 Å². The molecule has 0 radical (unpaired) electrons. The molecule has 0 spiro atoms. The van der Waals surface area contributed by atoms with Crippen molar-refractivity contribution in [2.24, 2.45) is 5.92 Å². The van der Waals surface area contributed by atoms with Crippen molar-refractivity contribution < 1.29 is 8.42 Å². The van der Waals surface area contributed by atoms with Crippen LogP contribution in [0.4, 0.5) is 0 Å². The number of hydrogen-bond acceptors (Lipinski definition) is 3. The second kappa shape index (κ2) is 2.72. The average Bonchev–Trinajstić information content (AvgIpc) is 1.56. The molecule has 0 bridgehead atoms. The van der Waals surface area contributed by atoms with Crippen molar-refractivity contribution in [2.75, 3.05) is 19.3 Å². The van der Waals surface area contributed by atoms with Crippen LogP contribution in [-0.2, 0) is 9.84 Å². The first-order chi connectivity index (χ1) is 4.58. The first kappa shape index (κ1) is 7.75. The lowest BCUT2D eigenvalue weighted by Crippen LogP contribution is -2.40. The molecule has 0 aromatic rings. The first-order valence-corrected chi connectivity index (χ1v) is 5.12. The number of rotatable bonds is 2. The van der Waals surface area contributed by atoms with E-state index in [1.54, 1.807) is 6.08 Å². The fourth-order valence-electron chi connectivity index (χ4n) is 0.701. The molecular formula is C6H11NO2S. The quantitative estimate of drug-likeness (QED) is 0.608. The Morgan fingerprint density at radius 3 is 2.40 bits per heavy atom. The van der Waals surface area contributed by atoms with Crippen molar-refractivity contribution in [3.8, 4) is 0 Å². The fraction of sp³-hybridized carbons (Fsp3) is 0.667. The van der Waals surface area contributed by atoms with E-state index in [4.69, 9.17) is 0 Å². The zero-order valence-corrected chi connectivity index (χ0v) is 6.69. The smallest absolute Gasteiger partial charge is 0.168 e. The third-order valence-corrected chi connectivity index (χ3v) is 2.06. The van der Waals surface area contributed by atoms with Crippen LogP contribution in [0.15, 0.2) is 11.5 Å². The lowest BCUT2D eigenvalue weighted by atomic mass is 10.1. The van der Waals surface area contributed by atoms with Crippen LogP contribution in [0.3, 0.4) is 0 Å². The second-order valence-corrected chi connectivity index (χ2v) is 4.51. The average molecular weight is 161 g/mol. The van der Waals surface area contributed by atoms with E-state index in [9.17, 15) is 8.42 Å². The normalized spacial score (nSPS) is 21.3. The topological polar surface area (TPSA) is 46.2 Å². The third-order valence-electron chi connectivity index (χ3n) is 1.41. The van der Waals surface area contributed by atoms with E-state index >= 15 is 0 Å². The van der Waals surface area contributed by atoms with Gasteiger partial charge in [0.05, 0.1) is 0 Å². The van der Waals surface area contributed by atoms with Gasteiger partial charge in [0.15, 0.2) is 9.84 Å². The zero-order chi connectivity index (χ0) is 7.61. The maximum atomic E-state index is 10.6. The van der Waals surface area contributed by atoms with Crippen LogP contribution in [0.2, 0.25) is 0 Å². The molecule has 1 N–H and O–H groups in total. The van der Waals surface area contributed by atoms with E-state index in [2.05, 4.69) is 5.32 Å². The Bertz CT molecular complexity index is 226. The van der Waals surface area contributed by atoms with Crippen molar-refractivity contribution in [1.29, 1.82) is 0 Å². The summed E-state index contributed by atoms with van der Waals surface area (Å²) >= 11 is 0. The van der Waals surface area contributed by atoms with Crippen molar-refractivity contribution in [3.05, 3.63) is 11.5 Å². The van der Waals surface area contributed by atoms with E-state index in [1.807, 2.05) is 0 Å². The van der Waals surface area contributed by atoms with E-state index in [-0.39, 0.29) is 0 Å². The molecule has 1 saturated heterocycles. The van der Waals surface area contributed by atoms with Crippen LogP contribution in [0, 0.1) is 5.92 Å². The molecule has 0 amide bonds. The summed E-state index contributed by atoms with van der Waals surface area (Å²) in [5.41, 5.74) is 0. The minimum absolute atomic E-state index is 0.426. The maximum Gasteiger partial charge on any atom is 0.168 e. The zero-order valence-electron chi connectivity index (χ0n) is 5.87. The molecule has 1 rings (SSSR count). The summed E-state index contributed by atoms with van der Waals surface area (Å²) in [5, 5.41) is 4.33. The van der Waals surface area contributed by atoms with E-state index in [1.165, 1.54) is 11.7 Å². The summed E-state index contributed by atoms with van der Waals surface area (Å²) in [6, 6.07) is 0. The number of sulfone groups is 1. The molecule has 1 fully saturated rings. The summed E-state index contributed by atoms with van der Waals surface area (Å²) < 4.78 is 21.1. The predicted molar refractivity (Wildman–Crippen MR) is 40.3 cm³/mol. The van der Waals surface area contributed by atoms with Gasteiger partial charge in [0.2, 0.25) is 0 Å². The van der Waals surface area contributed by atoms with Crippen LogP contribution in [0.5, 0.6) is 0 Å². The van der Waals surface area contributed by atoms with Gasteiger partial charge in [-0.3, -0.25) is 0 Å². The lowest BCUT2D eigenvalue weighted by Gasteiger charge is -2.23. The third kappa shape index (κ3) is 2.49. The maximum absolute atomic E-state index is 10.6. The van der Waals surface area contributed by atoms with Crippen LogP contribution in [0.1, 0.15) is 0 Å². The molecule has 1 aliphatic heterocycles. The van der Waals surface area contributed by atoms with E-state index in [0.717, 1.165) is 13.1 Å². The van der Waals surface area contributed by atoms with Crippen molar-refractivity contribution in [1.82, 2.24) is 5.32 Å². The number of hydrogen-bond donors (Lipinski definition) is 1. The Morgan fingerprint density at radius 1 is 1.50 bits per heavy atom. The van der Waals surface area contributed by atoms with Gasteiger partial charge >= 0.3 is 0 Å². The van der Waals surface area contributed by atoms with Crippen molar-refractivity contribution >= 4 is 9.84 Å². The molecule has 10 heavy (non-hydrogen) atoms. The van der Waals surface area contributed by atoms with Crippen LogP contribution < -0.4 is 5.32 Å². The molecule has 0 aromatic heterocycles. The van der Waals surface area contributed by atoms with Gasteiger partial charge < -0.3 is 5.32 Å². The van der Waals surface area contributed by atoms with Gasteiger partial charge in [0, 0.05) is 30.7 Å². The molecule has 58 valence electrons. The Morgan fingerprint density at radius 2 is 2.10 bits per heavy atom. The fourth-order valence-corrected chi connectivity index (χ4v) is 1.21. The molecular weight excluding hydrogens is 150 g/mol. The Balaban J connectivity index is 2.43. The highest BCUT2D eigenvalue weighted by atomic mass is 32.2. The summed E-state index contributed by atoms with van der Waals surface area (Å²) in [6.45, 7) is 1.82. The van der Waals surface area contributed by atoms with Gasteiger partial charge in [0.25, 0.3) is 0 Å². The lowest BCUT2D eigenvalue weighted by molar-refractivity contribution is 0.419. The molecule has 0 saturated carbocycles. The second-order valence-electron chi connectivity index (χ2n) is 2.58. The van der Waals surface area contributed by atoms with E-state index < -0.39 is 9.84 Å². The van der Waals surface area contributed by atoms with Crippen molar-refractivity contribution in [3.63, 3.8) is 0 Å². The van der Waals surface area contributed by atoms with Crippen LogP contribution in [0.25, 0.3) is 0 Å². The monoisotopic (exact) mass is 161 g/mol. The Hall–Kier alpha value is -0.350. The van der Waals surface area contributed by atoms with Crippen molar-refractivity contribution in [2.45, 2.75) is 0 Å². The van der Waals surface area contributed by atoms with Gasteiger partial charge in [-0.2, -0.15) is 0 Å². The minimum atomic E-state index is -2.90. The van der Waals surface area contributed by atoms with Gasteiger partial charge in [-0.15, -0.1) is 0 Å². The highest BCUT2D eigenvalue weighted by molar-refractivity contribution is 7.93. The molecule has 3 nitrogen and oxygen atoms in total. The van der Waals surface area contributed by atoms with Crippen LogP contribution >= 0.6 is 0 Å². The highest BCUT2D eigenvalue weighted by Gasteiger charge is 2.12. The summed E-state index contributed by atoms with van der Waals surface area (Å²) in [6.07, 6.45) is 2.95. The largest absolute Gasteiger partial charge is 0.315 e. The predicted octanol–water partition coefficient (Wildman–Crippen LogP) is -0.236. The standard InChI is InChI=1S/C6H11NO2S/c1-10(8,9)3-2-6-4-7-5-6/h2-3,6-7H,4-5H2,1H3/b3-2+. The first-order valence-electron chi connectivity index (χ1n) is 3.17. The molecule has 4 heteroatoms. The molecule has 0 aliphatic carbocycles.